The number of aromatic nitrogens is 3. The van der Waals surface area contributed by atoms with Gasteiger partial charge in [0.05, 0.1) is 0 Å². The van der Waals surface area contributed by atoms with Gasteiger partial charge in [0, 0.05) is 12.1 Å². The zero-order chi connectivity index (χ0) is 13.2. The Kier molecular flexibility index (Phi) is 3.27. The summed E-state index contributed by atoms with van der Waals surface area (Å²) in [7, 11) is 0. The third-order valence-corrected chi connectivity index (χ3v) is 3.02. The van der Waals surface area contributed by atoms with E-state index in [0.717, 1.165) is 5.56 Å². The summed E-state index contributed by atoms with van der Waals surface area (Å²) < 4.78 is 7.08. The van der Waals surface area contributed by atoms with Gasteiger partial charge in [-0.3, -0.25) is 0 Å². The molecule has 2 heterocycles. The van der Waals surface area contributed by atoms with Crippen LogP contribution in [0, 0.1) is 0 Å². The van der Waals surface area contributed by atoms with E-state index in [-0.39, 0.29) is 0 Å². The highest BCUT2D eigenvalue weighted by Gasteiger charge is 2.08. The predicted octanol–water partition coefficient (Wildman–Crippen LogP) is 3.62. The Morgan fingerprint density at radius 2 is 1.89 bits per heavy atom. The average Bonchev–Trinajstić information content (AvgIpc) is 2.81. The summed E-state index contributed by atoms with van der Waals surface area (Å²) in [6.07, 6.45) is 0. The Bertz CT molecular complexity index is 712. The molecule has 0 saturated carbocycles. The molecule has 96 valence electrons. The fourth-order valence-corrected chi connectivity index (χ4v) is 2.16. The van der Waals surface area contributed by atoms with Crippen LogP contribution in [-0.2, 0) is 6.61 Å². The Labute approximate surface area is 119 Å². The highest BCUT2D eigenvalue weighted by molar-refractivity contribution is 6.33. The van der Waals surface area contributed by atoms with E-state index in [1.165, 1.54) is 10.6 Å². The first-order valence-electron chi connectivity index (χ1n) is 5.61. The van der Waals surface area contributed by atoms with E-state index in [9.17, 15) is 0 Å². The smallest absolute Gasteiger partial charge is 0.235 e. The predicted molar refractivity (Wildman–Crippen MR) is 73.8 cm³/mol. The molecule has 4 nitrogen and oxygen atoms in total. The number of rotatable bonds is 3. The zero-order valence-corrected chi connectivity index (χ0v) is 11.3. The first-order valence-corrected chi connectivity index (χ1v) is 6.36. The van der Waals surface area contributed by atoms with E-state index in [0.29, 0.717) is 28.4 Å². The molecular formula is C13H9Cl2N3O. The van der Waals surface area contributed by atoms with Crippen LogP contribution in [0.3, 0.4) is 0 Å². The van der Waals surface area contributed by atoms with Crippen LogP contribution >= 0.6 is 23.2 Å². The van der Waals surface area contributed by atoms with Crippen molar-refractivity contribution in [2.45, 2.75) is 6.61 Å². The molecule has 0 radical (unpaired) electrons. The summed E-state index contributed by atoms with van der Waals surface area (Å²) in [4.78, 5) is 4.11. The summed E-state index contributed by atoms with van der Waals surface area (Å²) >= 11 is 11.8. The van der Waals surface area contributed by atoms with Crippen LogP contribution in [0.25, 0.3) is 5.65 Å². The molecule has 0 bridgehead atoms. The van der Waals surface area contributed by atoms with Gasteiger partial charge >= 0.3 is 0 Å². The van der Waals surface area contributed by atoms with Gasteiger partial charge in [-0.25, -0.2) is 9.50 Å². The largest absolute Gasteiger partial charge is 0.472 e. The normalized spacial score (nSPS) is 10.8. The number of fused-ring (bicyclic) bond motifs is 1. The quantitative estimate of drug-likeness (QED) is 0.693. The van der Waals surface area contributed by atoms with Gasteiger partial charge in [0.15, 0.2) is 5.65 Å². The molecule has 3 aromatic rings. The van der Waals surface area contributed by atoms with Gasteiger partial charge < -0.3 is 4.74 Å². The fourth-order valence-electron chi connectivity index (χ4n) is 1.69. The van der Waals surface area contributed by atoms with E-state index in [1.807, 2.05) is 30.3 Å². The van der Waals surface area contributed by atoms with Crippen LogP contribution in [0.1, 0.15) is 5.56 Å². The molecule has 0 spiro atoms. The SMILES string of the molecule is Clc1cc(Cl)n2nc(OCc3ccccc3)cc2n1. The van der Waals surface area contributed by atoms with Gasteiger partial charge in [0.25, 0.3) is 0 Å². The van der Waals surface area contributed by atoms with Crippen LogP contribution in [0.2, 0.25) is 10.3 Å². The van der Waals surface area contributed by atoms with E-state index in [4.69, 9.17) is 27.9 Å². The molecule has 0 saturated heterocycles. The average molecular weight is 294 g/mol. The minimum atomic E-state index is 0.326. The summed E-state index contributed by atoms with van der Waals surface area (Å²) in [5.41, 5.74) is 1.62. The van der Waals surface area contributed by atoms with Crippen molar-refractivity contribution in [2.75, 3.05) is 0 Å². The molecule has 3 rings (SSSR count). The topological polar surface area (TPSA) is 39.4 Å². The number of benzene rings is 1. The van der Waals surface area contributed by atoms with Gasteiger partial charge in [0.1, 0.15) is 16.9 Å². The molecule has 0 aliphatic rings. The first kappa shape index (κ1) is 12.3. The summed E-state index contributed by atoms with van der Waals surface area (Å²) in [6, 6.07) is 13.1. The summed E-state index contributed by atoms with van der Waals surface area (Å²) in [5, 5.41) is 4.93. The molecule has 19 heavy (non-hydrogen) atoms. The van der Waals surface area contributed by atoms with E-state index in [2.05, 4.69) is 10.1 Å². The molecule has 0 amide bonds. The molecule has 0 aliphatic carbocycles. The lowest BCUT2D eigenvalue weighted by molar-refractivity contribution is 0.292. The monoisotopic (exact) mass is 293 g/mol. The van der Waals surface area contributed by atoms with Crippen molar-refractivity contribution >= 4 is 28.8 Å². The van der Waals surface area contributed by atoms with Crippen molar-refractivity contribution in [3.05, 3.63) is 58.3 Å². The van der Waals surface area contributed by atoms with E-state index in [1.54, 1.807) is 6.07 Å². The van der Waals surface area contributed by atoms with Gasteiger partial charge in [0.2, 0.25) is 5.88 Å². The lowest BCUT2D eigenvalue weighted by Gasteiger charge is -2.01. The molecule has 1 aromatic carbocycles. The van der Waals surface area contributed by atoms with Gasteiger partial charge in [-0.15, -0.1) is 5.10 Å². The van der Waals surface area contributed by atoms with E-state index >= 15 is 0 Å². The third kappa shape index (κ3) is 2.64. The Hall–Kier alpha value is -1.78. The number of nitrogens with zero attached hydrogens (tertiary/aromatic N) is 3. The van der Waals surface area contributed by atoms with Gasteiger partial charge in [-0.2, -0.15) is 0 Å². The second kappa shape index (κ2) is 5.07. The maximum atomic E-state index is 6.01. The van der Waals surface area contributed by atoms with Gasteiger partial charge in [-0.05, 0) is 5.56 Å². The number of ether oxygens (including phenoxy) is 1. The lowest BCUT2D eigenvalue weighted by atomic mass is 10.2. The van der Waals surface area contributed by atoms with E-state index < -0.39 is 0 Å². The second-order valence-electron chi connectivity index (χ2n) is 3.93. The molecule has 0 fully saturated rings. The minimum Gasteiger partial charge on any atom is -0.472 e. The summed E-state index contributed by atoms with van der Waals surface area (Å²) in [5.74, 6) is 0.459. The number of hydrogen-bond donors (Lipinski definition) is 0. The van der Waals surface area contributed by atoms with Crippen molar-refractivity contribution in [2.24, 2.45) is 0 Å². The van der Waals surface area contributed by atoms with Crippen molar-refractivity contribution in [1.29, 1.82) is 0 Å². The van der Waals surface area contributed by atoms with Crippen molar-refractivity contribution in [3.8, 4) is 5.88 Å². The van der Waals surface area contributed by atoms with Crippen LogP contribution < -0.4 is 4.74 Å². The maximum absolute atomic E-state index is 6.01. The molecule has 2 aromatic heterocycles. The standard InChI is InChI=1S/C13H9Cl2N3O/c14-10-6-11(15)18-12(16-10)7-13(17-18)19-8-9-4-2-1-3-5-9/h1-7H,8H2. The molecule has 0 unspecified atom stereocenters. The maximum Gasteiger partial charge on any atom is 0.235 e. The molecule has 0 aliphatic heterocycles. The van der Waals surface area contributed by atoms with Crippen LogP contribution in [-0.4, -0.2) is 14.6 Å². The first-order chi connectivity index (χ1) is 9.22. The zero-order valence-electron chi connectivity index (χ0n) is 9.75. The van der Waals surface area contributed by atoms with Crippen LogP contribution in [0.5, 0.6) is 5.88 Å². The van der Waals surface area contributed by atoms with Crippen molar-refractivity contribution < 1.29 is 4.74 Å². The highest BCUT2D eigenvalue weighted by Crippen LogP contribution is 2.20. The molecular weight excluding hydrogens is 285 g/mol. The highest BCUT2D eigenvalue weighted by atomic mass is 35.5. The van der Waals surface area contributed by atoms with Crippen molar-refractivity contribution in [3.63, 3.8) is 0 Å². The lowest BCUT2D eigenvalue weighted by Crippen LogP contribution is -1.96. The molecule has 0 atom stereocenters. The minimum absolute atomic E-state index is 0.326. The number of hydrogen-bond acceptors (Lipinski definition) is 3. The Balaban J connectivity index is 1.84. The fraction of sp³-hybridized carbons (Fsp3) is 0.0769. The Morgan fingerprint density at radius 1 is 1.11 bits per heavy atom. The molecule has 6 heteroatoms. The second-order valence-corrected chi connectivity index (χ2v) is 4.70. The van der Waals surface area contributed by atoms with Crippen LogP contribution in [0.15, 0.2) is 42.5 Å². The Morgan fingerprint density at radius 3 is 2.68 bits per heavy atom. The van der Waals surface area contributed by atoms with Crippen molar-refractivity contribution in [1.82, 2.24) is 14.6 Å². The summed E-state index contributed by atoms with van der Waals surface area (Å²) in [6.45, 7) is 0.441. The van der Waals surface area contributed by atoms with Gasteiger partial charge in [-0.1, -0.05) is 53.5 Å². The molecule has 0 N–H and O–H groups in total. The third-order valence-electron chi connectivity index (χ3n) is 2.56. The van der Waals surface area contributed by atoms with Crippen LogP contribution in [0.4, 0.5) is 0 Å². The number of halogens is 2.